The fraction of sp³-hybridized carbons (Fsp3) is 1.00. The minimum atomic E-state index is 0.115. The van der Waals surface area contributed by atoms with Crippen molar-refractivity contribution in [3.8, 4) is 0 Å². The predicted octanol–water partition coefficient (Wildman–Crippen LogP) is 1.69. The van der Waals surface area contributed by atoms with Gasteiger partial charge in [0.05, 0.1) is 12.7 Å². The minimum Gasteiger partial charge on any atom is -0.384 e. The van der Waals surface area contributed by atoms with Crippen LogP contribution in [-0.2, 0) is 9.47 Å². The van der Waals surface area contributed by atoms with Crippen molar-refractivity contribution in [2.45, 2.75) is 26.9 Å². The lowest BCUT2D eigenvalue weighted by Gasteiger charge is -2.29. The van der Waals surface area contributed by atoms with Crippen LogP contribution in [0.2, 0.25) is 0 Å². The van der Waals surface area contributed by atoms with Crippen LogP contribution in [0.1, 0.15) is 20.8 Å². The number of rotatable bonds is 4. The van der Waals surface area contributed by atoms with E-state index < -0.39 is 0 Å². The van der Waals surface area contributed by atoms with E-state index in [0.29, 0.717) is 0 Å². The summed E-state index contributed by atoms with van der Waals surface area (Å²) in [5, 5.41) is 0. The zero-order chi connectivity index (χ0) is 8.20. The highest BCUT2D eigenvalue weighted by Gasteiger charge is 2.25. The second-order valence-electron chi connectivity index (χ2n) is 3.30. The lowest BCUT2D eigenvalue weighted by Crippen LogP contribution is -2.32. The molecule has 0 saturated heterocycles. The zero-order valence-corrected chi connectivity index (χ0v) is 7.60. The van der Waals surface area contributed by atoms with Crippen LogP contribution in [0.15, 0.2) is 0 Å². The molecule has 0 bridgehead atoms. The maximum atomic E-state index is 5.19. The van der Waals surface area contributed by atoms with E-state index in [2.05, 4.69) is 20.8 Å². The molecular formula is C8H18O2. The quantitative estimate of drug-likeness (QED) is 0.601. The Morgan fingerprint density at radius 2 is 1.80 bits per heavy atom. The third kappa shape index (κ3) is 2.67. The largest absolute Gasteiger partial charge is 0.384 e. The third-order valence-electron chi connectivity index (χ3n) is 1.97. The Morgan fingerprint density at radius 3 is 2.10 bits per heavy atom. The highest BCUT2D eigenvalue weighted by molar-refractivity contribution is 4.74. The first-order valence-electron chi connectivity index (χ1n) is 3.56. The van der Waals surface area contributed by atoms with Crippen LogP contribution in [0.5, 0.6) is 0 Å². The molecular weight excluding hydrogens is 128 g/mol. The molecule has 0 saturated carbocycles. The maximum absolute atomic E-state index is 5.19. The Kier molecular flexibility index (Phi) is 3.91. The van der Waals surface area contributed by atoms with Crippen molar-refractivity contribution in [1.82, 2.24) is 0 Å². The monoisotopic (exact) mass is 146 g/mol. The van der Waals surface area contributed by atoms with E-state index in [0.717, 1.165) is 6.61 Å². The Balaban J connectivity index is 3.82. The molecule has 0 aliphatic rings. The van der Waals surface area contributed by atoms with Gasteiger partial charge in [-0.15, -0.1) is 0 Å². The van der Waals surface area contributed by atoms with Crippen LogP contribution >= 0.6 is 0 Å². The lowest BCUT2D eigenvalue weighted by molar-refractivity contribution is -0.0238. The molecule has 0 radical (unpaired) electrons. The van der Waals surface area contributed by atoms with Gasteiger partial charge in [-0.25, -0.2) is 0 Å². The zero-order valence-electron chi connectivity index (χ0n) is 7.60. The second-order valence-corrected chi connectivity index (χ2v) is 3.30. The van der Waals surface area contributed by atoms with Crippen LogP contribution < -0.4 is 0 Å². The van der Waals surface area contributed by atoms with Gasteiger partial charge >= 0.3 is 0 Å². The van der Waals surface area contributed by atoms with Crippen molar-refractivity contribution in [2.75, 3.05) is 20.8 Å². The first kappa shape index (κ1) is 9.92. The first-order valence-corrected chi connectivity index (χ1v) is 3.56. The molecule has 0 spiro atoms. The van der Waals surface area contributed by atoms with Crippen LogP contribution in [0.25, 0.3) is 0 Å². The van der Waals surface area contributed by atoms with Crippen LogP contribution in [0.3, 0.4) is 0 Å². The summed E-state index contributed by atoms with van der Waals surface area (Å²) in [5.74, 6) is 0. The van der Waals surface area contributed by atoms with Crippen molar-refractivity contribution < 1.29 is 9.47 Å². The van der Waals surface area contributed by atoms with E-state index in [1.807, 2.05) is 0 Å². The Bertz CT molecular complexity index is 89.3. The van der Waals surface area contributed by atoms with E-state index in [9.17, 15) is 0 Å². The minimum absolute atomic E-state index is 0.115. The summed E-state index contributed by atoms with van der Waals surface area (Å²) in [5.41, 5.74) is 0.115. The lowest BCUT2D eigenvalue weighted by atomic mass is 9.88. The van der Waals surface area contributed by atoms with E-state index in [-0.39, 0.29) is 11.5 Å². The number of hydrogen-bond acceptors (Lipinski definition) is 2. The van der Waals surface area contributed by atoms with Gasteiger partial charge in [-0.1, -0.05) is 13.8 Å². The van der Waals surface area contributed by atoms with E-state index in [1.54, 1.807) is 14.2 Å². The molecule has 10 heavy (non-hydrogen) atoms. The molecule has 0 aliphatic heterocycles. The molecule has 0 fully saturated rings. The smallest absolute Gasteiger partial charge is 0.0616 e. The highest BCUT2D eigenvalue weighted by Crippen LogP contribution is 2.22. The second kappa shape index (κ2) is 3.94. The van der Waals surface area contributed by atoms with Gasteiger partial charge in [0, 0.05) is 19.6 Å². The van der Waals surface area contributed by atoms with Gasteiger partial charge in [-0.05, 0) is 6.92 Å². The Hall–Kier alpha value is -0.0800. The number of methoxy groups -OCH3 is 2. The van der Waals surface area contributed by atoms with Crippen LogP contribution in [-0.4, -0.2) is 26.9 Å². The van der Waals surface area contributed by atoms with Crippen molar-refractivity contribution in [2.24, 2.45) is 5.41 Å². The SMILES string of the molecule is COCC(C)(C)[C@H](C)OC. The molecule has 1 atom stereocenters. The first-order chi connectivity index (χ1) is 4.54. The van der Waals surface area contributed by atoms with E-state index in [4.69, 9.17) is 9.47 Å². The van der Waals surface area contributed by atoms with E-state index in [1.165, 1.54) is 0 Å². The molecule has 0 amide bonds. The topological polar surface area (TPSA) is 18.5 Å². The Labute approximate surface area is 63.5 Å². The summed E-state index contributed by atoms with van der Waals surface area (Å²) in [6.45, 7) is 7.05. The molecule has 0 aromatic carbocycles. The van der Waals surface area contributed by atoms with Crippen molar-refractivity contribution >= 4 is 0 Å². The van der Waals surface area contributed by atoms with E-state index >= 15 is 0 Å². The average molecular weight is 146 g/mol. The molecule has 0 aliphatic carbocycles. The molecule has 62 valence electrons. The summed E-state index contributed by atoms with van der Waals surface area (Å²) in [6.07, 6.45) is 0.243. The number of ether oxygens (including phenoxy) is 2. The Morgan fingerprint density at radius 1 is 1.30 bits per heavy atom. The summed E-state index contributed by atoms with van der Waals surface area (Å²) >= 11 is 0. The molecule has 0 aromatic heterocycles. The van der Waals surface area contributed by atoms with Gasteiger partial charge < -0.3 is 9.47 Å². The van der Waals surface area contributed by atoms with Crippen molar-refractivity contribution in [3.63, 3.8) is 0 Å². The standard InChI is InChI=1S/C8H18O2/c1-7(10-5)8(2,3)6-9-4/h7H,6H2,1-5H3/t7-/m0/s1. The molecule has 2 nitrogen and oxygen atoms in total. The highest BCUT2D eigenvalue weighted by atomic mass is 16.5. The molecule has 0 aromatic rings. The van der Waals surface area contributed by atoms with Crippen molar-refractivity contribution in [1.29, 1.82) is 0 Å². The fourth-order valence-electron chi connectivity index (χ4n) is 0.808. The number of hydrogen-bond donors (Lipinski definition) is 0. The third-order valence-corrected chi connectivity index (χ3v) is 1.97. The van der Waals surface area contributed by atoms with Gasteiger partial charge in [-0.3, -0.25) is 0 Å². The summed E-state index contributed by atoms with van der Waals surface area (Å²) in [7, 11) is 3.44. The van der Waals surface area contributed by atoms with Gasteiger partial charge in [0.1, 0.15) is 0 Å². The van der Waals surface area contributed by atoms with Crippen molar-refractivity contribution in [3.05, 3.63) is 0 Å². The van der Waals surface area contributed by atoms with Gasteiger partial charge in [0.25, 0.3) is 0 Å². The fourth-order valence-corrected chi connectivity index (χ4v) is 0.808. The molecule has 0 heterocycles. The summed E-state index contributed by atoms with van der Waals surface area (Å²) in [6, 6.07) is 0. The molecule has 2 heteroatoms. The molecule has 0 unspecified atom stereocenters. The van der Waals surface area contributed by atoms with Crippen LogP contribution in [0.4, 0.5) is 0 Å². The van der Waals surface area contributed by atoms with Gasteiger partial charge in [0.2, 0.25) is 0 Å². The average Bonchev–Trinajstić information content (AvgIpc) is 1.86. The predicted molar refractivity (Wildman–Crippen MR) is 42.1 cm³/mol. The molecule has 0 rings (SSSR count). The normalized spacial score (nSPS) is 15.3. The summed E-state index contributed by atoms with van der Waals surface area (Å²) in [4.78, 5) is 0. The summed E-state index contributed by atoms with van der Waals surface area (Å²) < 4.78 is 10.2. The van der Waals surface area contributed by atoms with Gasteiger partial charge in [-0.2, -0.15) is 0 Å². The maximum Gasteiger partial charge on any atom is 0.0616 e. The molecule has 0 N–H and O–H groups in total. The van der Waals surface area contributed by atoms with Crippen LogP contribution in [0, 0.1) is 5.41 Å². The van der Waals surface area contributed by atoms with Gasteiger partial charge in [0.15, 0.2) is 0 Å².